The van der Waals surface area contributed by atoms with Crippen molar-refractivity contribution in [3.8, 4) is 0 Å². The van der Waals surface area contributed by atoms with Crippen LogP contribution in [0.4, 0.5) is 39.8 Å². The largest absolute Gasteiger partial charge is 1.00 e. The molecule has 1 atom stereocenters. The fraction of sp³-hybridized carbons (Fsp3) is 0.111. The van der Waals surface area contributed by atoms with Crippen LogP contribution < -0.4 is 50.0 Å². The van der Waals surface area contributed by atoms with Crippen LogP contribution in [0.3, 0.4) is 0 Å². The van der Waals surface area contributed by atoms with E-state index in [9.17, 15) is 20.2 Å². The summed E-state index contributed by atoms with van der Waals surface area (Å²) in [7, 11) is 5.06. The molecule has 6 aromatic rings. The van der Waals surface area contributed by atoms with Crippen LogP contribution in [0, 0.1) is 30.3 Å². The van der Waals surface area contributed by atoms with Crippen LogP contribution in [0.2, 0.25) is 0 Å². The van der Waals surface area contributed by atoms with Gasteiger partial charge in [0.15, 0.2) is 5.69 Å². The van der Waals surface area contributed by atoms with Crippen molar-refractivity contribution in [3.05, 3.63) is 158 Å². The topological polar surface area (TPSA) is 266 Å². The van der Waals surface area contributed by atoms with Crippen LogP contribution in [0.25, 0.3) is 21.5 Å². The molecule has 0 amide bonds. The SMILES string of the molecule is CN(C)c1ccc(N=Nc2ccccc2[N+](=O)[O-])c2ccccc12.CN(C)c1cccc2ccccc12.Nc1ccccc1[N+](=O)[O-].O=N[O-].O=[P+]([O-])OO.[HH].[Na+]. The fourth-order valence-corrected chi connectivity index (χ4v) is 4.81. The van der Waals surface area contributed by atoms with E-state index in [1.54, 1.807) is 30.3 Å². The van der Waals surface area contributed by atoms with Gasteiger partial charge in [0.05, 0.1) is 15.5 Å². The Kier molecular flexibility index (Phi) is 21.6. The van der Waals surface area contributed by atoms with Crippen molar-refractivity contribution in [1.82, 2.24) is 0 Å². The standard InChI is InChI=1S/C18H16N4O2.C12H13N.C6H6N2O2.HNO2.Na.HO4P.H2/c1-21(2)17-12-11-15(13-7-3-4-8-14(13)17)19-20-16-9-5-6-10-18(16)22(23)24;1-13(2)12-9-5-7-10-6-3-4-8-11(10)12;7-5-3-1-2-4-6(5)8(9)10;2-1-3;;1-4-5(2)3;/h3-12H,1-2H3;3-9H,1-2H3;1-4H,7H2;(H,2,3);;1H;1H/q;;;;+1;;/p-1. The number of nitrogens with zero attached hydrogens (tertiary/aromatic N) is 7. The molecule has 0 aliphatic heterocycles. The second-order valence-electron chi connectivity index (χ2n) is 11.1. The molecule has 6 aromatic carbocycles. The van der Waals surface area contributed by atoms with Crippen molar-refractivity contribution in [2.75, 3.05) is 43.7 Å². The fourth-order valence-electron chi connectivity index (χ4n) is 4.81. The molecule has 0 aromatic heterocycles. The summed E-state index contributed by atoms with van der Waals surface area (Å²) >= 11 is 0. The number of benzene rings is 6. The van der Waals surface area contributed by atoms with E-state index in [2.05, 4.69) is 76.4 Å². The van der Waals surface area contributed by atoms with Crippen LogP contribution >= 0.6 is 8.25 Å². The Balaban J connectivity index is 0.000000802. The van der Waals surface area contributed by atoms with Crippen molar-refractivity contribution in [1.29, 1.82) is 0 Å². The Morgan fingerprint density at radius 3 is 1.61 bits per heavy atom. The molecule has 0 heterocycles. The van der Waals surface area contributed by atoms with E-state index in [-0.39, 0.29) is 53.7 Å². The van der Waals surface area contributed by atoms with Crippen molar-refractivity contribution in [2.24, 2.45) is 15.6 Å². The van der Waals surface area contributed by atoms with Crippen molar-refractivity contribution in [3.63, 3.8) is 0 Å². The monoisotopic (exact) mass is 796 g/mol. The number of nitro benzene ring substituents is 2. The predicted molar refractivity (Wildman–Crippen MR) is 214 cm³/mol. The molecule has 0 bridgehead atoms. The average molecular weight is 797 g/mol. The smallest absolute Gasteiger partial charge is 0.565 e. The van der Waals surface area contributed by atoms with Gasteiger partial charge in [-0.05, 0) is 40.3 Å². The van der Waals surface area contributed by atoms with E-state index in [4.69, 9.17) is 30.6 Å². The molecule has 0 radical (unpaired) electrons. The maximum absolute atomic E-state index is 11.1. The van der Waals surface area contributed by atoms with Crippen molar-refractivity contribution >= 4 is 69.6 Å². The molecule has 6 rings (SSSR count). The summed E-state index contributed by atoms with van der Waals surface area (Å²) in [5.74, 6) is 0. The van der Waals surface area contributed by atoms with E-state index in [1.807, 2.05) is 55.4 Å². The van der Waals surface area contributed by atoms with Gasteiger partial charge in [-0.15, -0.1) is 15.6 Å². The minimum absolute atomic E-state index is 0. The summed E-state index contributed by atoms with van der Waals surface area (Å²) in [6, 6.07) is 39.0. The van der Waals surface area contributed by atoms with Gasteiger partial charge in [-0.1, -0.05) is 84.9 Å². The summed E-state index contributed by atoms with van der Waals surface area (Å²) < 4.78 is 11.6. The molecule has 0 saturated heterocycles. The van der Waals surface area contributed by atoms with Gasteiger partial charge in [0.25, 0.3) is 11.4 Å². The maximum Gasteiger partial charge on any atom is 1.00 e. The van der Waals surface area contributed by atoms with Gasteiger partial charge in [0.1, 0.15) is 5.69 Å². The second kappa shape index (κ2) is 25.2. The summed E-state index contributed by atoms with van der Waals surface area (Å²) in [6.45, 7) is 0. The summed E-state index contributed by atoms with van der Waals surface area (Å²) in [5.41, 5.74) is 8.65. The van der Waals surface area contributed by atoms with Gasteiger partial charge in [0.2, 0.25) is 0 Å². The number of anilines is 3. The number of nitrogen functional groups attached to an aromatic ring is 1. The van der Waals surface area contributed by atoms with Gasteiger partial charge in [0, 0.05) is 74.0 Å². The molecule has 0 aliphatic carbocycles. The average Bonchev–Trinajstić information content (AvgIpc) is 3.17. The number of hydrogen-bond donors (Lipinski definition) is 2. The van der Waals surface area contributed by atoms with Crippen LogP contribution in [-0.4, -0.2) is 43.3 Å². The molecule has 0 fully saturated rings. The Morgan fingerprint density at radius 1 is 0.661 bits per heavy atom. The summed E-state index contributed by atoms with van der Waals surface area (Å²) in [5, 5.41) is 50.2. The molecular formula is C36H38N8NaO10P. The first-order chi connectivity index (χ1) is 26.3. The molecular weight excluding hydrogens is 758 g/mol. The normalized spacial score (nSPS) is 10.0. The first-order valence-electron chi connectivity index (χ1n) is 15.7. The quantitative estimate of drug-likeness (QED) is 0.0263. The number of fused-ring (bicyclic) bond motifs is 2. The summed E-state index contributed by atoms with van der Waals surface area (Å²) in [6.07, 6.45) is 0. The number of hydrogen-bond acceptors (Lipinski definition) is 16. The zero-order chi connectivity index (χ0) is 40.9. The van der Waals surface area contributed by atoms with E-state index < -0.39 is 18.1 Å². The number of azo groups is 1. The zero-order valence-corrected chi connectivity index (χ0v) is 33.8. The van der Waals surface area contributed by atoms with E-state index >= 15 is 0 Å². The van der Waals surface area contributed by atoms with E-state index in [0.29, 0.717) is 5.69 Å². The Hall–Kier alpha value is -5.98. The van der Waals surface area contributed by atoms with Crippen LogP contribution in [-0.2, 0) is 9.24 Å². The van der Waals surface area contributed by atoms with E-state index in [0.717, 1.165) is 21.8 Å². The van der Waals surface area contributed by atoms with Crippen molar-refractivity contribution in [2.45, 2.75) is 0 Å². The Labute approximate surface area is 345 Å². The van der Waals surface area contributed by atoms with Crippen LogP contribution in [0.5, 0.6) is 0 Å². The first kappa shape index (κ1) is 48.0. The maximum atomic E-state index is 11.1. The van der Waals surface area contributed by atoms with Crippen LogP contribution in [0.1, 0.15) is 1.43 Å². The Morgan fingerprint density at radius 2 is 1.09 bits per heavy atom. The number of para-hydroxylation sites is 3. The third-order valence-electron chi connectivity index (χ3n) is 7.15. The first-order valence-corrected chi connectivity index (χ1v) is 16.8. The minimum Gasteiger partial charge on any atom is -0.565 e. The minimum atomic E-state index is -3.04. The second-order valence-corrected chi connectivity index (χ2v) is 11.7. The molecule has 56 heavy (non-hydrogen) atoms. The Bertz CT molecular complexity index is 2250. The van der Waals surface area contributed by atoms with Crippen molar-refractivity contribution < 1.29 is 60.2 Å². The molecule has 288 valence electrons. The third kappa shape index (κ3) is 15.0. The molecule has 20 heteroatoms. The third-order valence-corrected chi connectivity index (χ3v) is 7.29. The zero-order valence-electron chi connectivity index (χ0n) is 30.9. The number of rotatable bonds is 7. The van der Waals surface area contributed by atoms with E-state index in [1.165, 1.54) is 34.7 Å². The molecule has 18 nitrogen and oxygen atoms in total. The van der Waals surface area contributed by atoms with Gasteiger partial charge in [-0.3, -0.25) is 20.2 Å². The summed E-state index contributed by atoms with van der Waals surface area (Å²) in [4.78, 5) is 41.4. The predicted octanol–water partition coefficient (Wildman–Crippen LogP) is 6.31. The van der Waals surface area contributed by atoms with Gasteiger partial charge in [-0.2, -0.15) is 0 Å². The molecule has 0 saturated carbocycles. The van der Waals surface area contributed by atoms with Gasteiger partial charge in [-0.25, -0.2) is 5.26 Å². The number of nitro groups is 2. The van der Waals surface area contributed by atoms with Gasteiger partial charge >= 0.3 is 37.8 Å². The number of nitrogens with two attached hydrogens (primary N) is 1. The molecule has 1 unspecified atom stereocenters. The molecule has 3 N–H and O–H groups in total. The molecule has 0 spiro atoms. The van der Waals surface area contributed by atoms with Gasteiger partial charge < -0.3 is 30.5 Å². The van der Waals surface area contributed by atoms with Crippen LogP contribution in [0.15, 0.2) is 143 Å². The molecule has 0 aliphatic rings.